The first kappa shape index (κ1) is 11.2. The zero-order valence-electron chi connectivity index (χ0n) is 9.79. The Morgan fingerprint density at radius 3 is 2.76 bits per heavy atom. The van der Waals surface area contributed by atoms with E-state index in [1.54, 1.807) is 23.5 Å². The molecule has 1 nitrogen and oxygen atoms in total. The van der Waals surface area contributed by atoms with E-state index >= 15 is 0 Å². The Morgan fingerprint density at radius 1 is 1.12 bits per heavy atom. The van der Waals surface area contributed by atoms with Crippen LogP contribution in [0.5, 0.6) is 0 Å². The van der Waals surface area contributed by atoms with Gasteiger partial charge in [0.25, 0.3) is 0 Å². The van der Waals surface area contributed by atoms with Crippen molar-refractivity contribution in [2.45, 2.75) is 25.8 Å². The summed E-state index contributed by atoms with van der Waals surface area (Å²) >= 11 is 1.72. The molecule has 1 fully saturated rings. The van der Waals surface area contributed by atoms with E-state index in [2.05, 4.69) is 11.0 Å². The molecule has 3 heteroatoms. The van der Waals surface area contributed by atoms with Crippen LogP contribution in [0.25, 0.3) is 10.1 Å². The second-order valence-electron chi connectivity index (χ2n) is 4.73. The topological polar surface area (TPSA) is 3.24 Å². The fraction of sp³-hybridized carbons (Fsp3) is 0.429. The van der Waals surface area contributed by atoms with Gasteiger partial charge in [-0.2, -0.15) is 0 Å². The minimum Gasteiger partial charge on any atom is -0.298 e. The molecular formula is C14H16FNS. The highest BCUT2D eigenvalue weighted by molar-refractivity contribution is 7.19. The predicted molar refractivity (Wildman–Crippen MR) is 70.9 cm³/mol. The molecule has 17 heavy (non-hydrogen) atoms. The fourth-order valence-electron chi connectivity index (χ4n) is 2.48. The first-order valence-corrected chi connectivity index (χ1v) is 7.03. The molecule has 0 N–H and O–H groups in total. The molecule has 1 saturated heterocycles. The summed E-state index contributed by atoms with van der Waals surface area (Å²) in [6, 6.07) is 7.26. The van der Waals surface area contributed by atoms with Crippen molar-refractivity contribution in [1.29, 1.82) is 0 Å². The third kappa shape index (κ3) is 2.50. The number of hydrogen-bond donors (Lipinski definition) is 0. The Kier molecular flexibility index (Phi) is 3.12. The van der Waals surface area contributed by atoms with Gasteiger partial charge >= 0.3 is 0 Å². The number of fused-ring (bicyclic) bond motifs is 1. The molecule has 2 heterocycles. The van der Waals surface area contributed by atoms with Crippen molar-refractivity contribution < 1.29 is 4.39 Å². The number of thiophene rings is 1. The van der Waals surface area contributed by atoms with Crippen LogP contribution in [-0.2, 0) is 6.54 Å². The number of nitrogens with zero attached hydrogens (tertiary/aromatic N) is 1. The van der Waals surface area contributed by atoms with Crippen LogP contribution < -0.4 is 0 Å². The lowest BCUT2D eigenvalue weighted by molar-refractivity contribution is 0.223. The summed E-state index contributed by atoms with van der Waals surface area (Å²) in [6.45, 7) is 3.45. The fourth-order valence-corrected chi connectivity index (χ4v) is 3.61. The van der Waals surface area contributed by atoms with Crippen LogP contribution >= 0.6 is 11.3 Å². The summed E-state index contributed by atoms with van der Waals surface area (Å²) in [5.74, 6) is -0.135. The Hall–Kier alpha value is -0.930. The summed E-state index contributed by atoms with van der Waals surface area (Å²) in [6.07, 6.45) is 4.01. The molecule has 90 valence electrons. The van der Waals surface area contributed by atoms with Gasteiger partial charge in [0.15, 0.2) is 0 Å². The summed E-state index contributed by atoms with van der Waals surface area (Å²) in [4.78, 5) is 3.86. The number of hydrogen-bond acceptors (Lipinski definition) is 2. The van der Waals surface area contributed by atoms with Crippen molar-refractivity contribution >= 4 is 21.4 Å². The first-order valence-electron chi connectivity index (χ1n) is 6.21. The lowest BCUT2D eigenvalue weighted by atomic mass is 10.1. The zero-order valence-corrected chi connectivity index (χ0v) is 10.6. The molecule has 0 radical (unpaired) electrons. The third-order valence-corrected chi connectivity index (χ3v) is 4.44. The van der Waals surface area contributed by atoms with Gasteiger partial charge in [-0.25, -0.2) is 4.39 Å². The normalized spacial score (nSPS) is 17.7. The molecule has 3 rings (SSSR count). The highest BCUT2D eigenvalue weighted by atomic mass is 32.1. The second-order valence-corrected chi connectivity index (χ2v) is 5.90. The Bertz CT molecular complexity index is 514. The zero-order chi connectivity index (χ0) is 11.7. The lowest BCUT2D eigenvalue weighted by Gasteiger charge is -2.25. The molecule has 2 aromatic rings. The van der Waals surface area contributed by atoms with Crippen LogP contribution in [-0.4, -0.2) is 18.0 Å². The molecule has 1 aromatic heterocycles. The summed E-state index contributed by atoms with van der Waals surface area (Å²) in [5, 5.41) is 1.17. The van der Waals surface area contributed by atoms with Gasteiger partial charge in [-0.15, -0.1) is 11.3 Å². The van der Waals surface area contributed by atoms with Gasteiger partial charge < -0.3 is 0 Å². The molecule has 0 spiro atoms. The van der Waals surface area contributed by atoms with Crippen molar-refractivity contribution in [2.75, 3.05) is 13.1 Å². The summed E-state index contributed by atoms with van der Waals surface area (Å²) in [5.41, 5.74) is 0. The number of likely N-dealkylation sites (tertiary alicyclic amines) is 1. The molecule has 0 aliphatic carbocycles. The van der Waals surface area contributed by atoms with Gasteiger partial charge in [0.2, 0.25) is 0 Å². The maximum absolute atomic E-state index is 13.1. The van der Waals surface area contributed by atoms with Crippen LogP contribution in [0.4, 0.5) is 4.39 Å². The maximum Gasteiger partial charge on any atom is 0.124 e. The van der Waals surface area contributed by atoms with Gasteiger partial charge in [-0.3, -0.25) is 4.90 Å². The van der Waals surface area contributed by atoms with Crippen LogP contribution in [0.2, 0.25) is 0 Å². The van der Waals surface area contributed by atoms with E-state index < -0.39 is 0 Å². The monoisotopic (exact) mass is 249 g/mol. The first-order chi connectivity index (χ1) is 8.31. The standard InChI is InChI=1S/C14H16FNS/c15-12-5-4-11-8-13(17-14(11)9-12)10-16-6-2-1-3-7-16/h4-5,8-9H,1-3,6-7,10H2. The smallest absolute Gasteiger partial charge is 0.124 e. The molecule has 0 atom stereocenters. The largest absolute Gasteiger partial charge is 0.298 e. The van der Waals surface area contributed by atoms with E-state index in [1.165, 1.54) is 42.6 Å². The highest BCUT2D eigenvalue weighted by Gasteiger charge is 2.12. The van der Waals surface area contributed by atoms with Crippen molar-refractivity contribution in [1.82, 2.24) is 4.90 Å². The van der Waals surface area contributed by atoms with Crippen LogP contribution in [0.1, 0.15) is 24.1 Å². The van der Waals surface area contributed by atoms with E-state index in [1.807, 2.05) is 6.07 Å². The van der Waals surface area contributed by atoms with Gasteiger partial charge in [-0.05, 0) is 49.5 Å². The third-order valence-electron chi connectivity index (χ3n) is 3.36. The number of piperidine rings is 1. The molecule has 0 amide bonds. The van der Waals surface area contributed by atoms with Gasteiger partial charge in [0.05, 0.1) is 0 Å². The maximum atomic E-state index is 13.1. The number of benzene rings is 1. The van der Waals surface area contributed by atoms with Crippen LogP contribution in [0, 0.1) is 5.82 Å². The van der Waals surface area contributed by atoms with Gasteiger partial charge in [0, 0.05) is 16.1 Å². The Morgan fingerprint density at radius 2 is 1.94 bits per heavy atom. The molecule has 0 unspecified atom stereocenters. The average Bonchev–Trinajstić information content (AvgIpc) is 2.71. The molecular weight excluding hydrogens is 233 g/mol. The Labute approximate surface area is 105 Å². The minimum atomic E-state index is -0.135. The molecule has 1 aromatic carbocycles. The van der Waals surface area contributed by atoms with E-state index in [0.29, 0.717) is 0 Å². The van der Waals surface area contributed by atoms with Crippen molar-refractivity contribution in [3.05, 3.63) is 35.0 Å². The van der Waals surface area contributed by atoms with Crippen LogP contribution in [0.15, 0.2) is 24.3 Å². The molecule has 0 saturated carbocycles. The highest BCUT2D eigenvalue weighted by Crippen LogP contribution is 2.27. The average molecular weight is 249 g/mol. The SMILES string of the molecule is Fc1ccc2cc(CN3CCCCC3)sc2c1. The lowest BCUT2D eigenvalue weighted by Crippen LogP contribution is -2.28. The van der Waals surface area contributed by atoms with E-state index in [0.717, 1.165) is 11.2 Å². The molecule has 1 aliphatic heterocycles. The predicted octanol–water partition coefficient (Wildman–Crippen LogP) is 4.03. The molecule has 0 bridgehead atoms. The van der Waals surface area contributed by atoms with Crippen molar-refractivity contribution in [3.63, 3.8) is 0 Å². The summed E-state index contributed by atoms with van der Waals surface area (Å²) in [7, 11) is 0. The quantitative estimate of drug-likeness (QED) is 0.777. The Balaban J connectivity index is 1.80. The van der Waals surface area contributed by atoms with Crippen LogP contribution in [0.3, 0.4) is 0 Å². The minimum absolute atomic E-state index is 0.135. The van der Waals surface area contributed by atoms with Gasteiger partial charge in [0.1, 0.15) is 5.82 Å². The van der Waals surface area contributed by atoms with Crippen molar-refractivity contribution in [2.24, 2.45) is 0 Å². The number of halogens is 1. The van der Waals surface area contributed by atoms with E-state index in [-0.39, 0.29) is 5.82 Å². The van der Waals surface area contributed by atoms with Gasteiger partial charge in [-0.1, -0.05) is 12.5 Å². The van der Waals surface area contributed by atoms with E-state index in [4.69, 9.17) is 0 Å². The molecule has 1 aliphatic rings. The van der Waals surface area contributed by atoms with E-state index in [9.17, 15) is 4.39 Å². The number of rotatable bonds is 2. The van der Waals surface area contributed by atoms with Crippen molar-refractivity contribution in [3.8, 4) is 0 Å². The summed E-state index contributed by atoms with van der Waals surface area (Å²) < 4.78 is 14.2. The second kappa shape index (κ2) is 4.75.